The third-order valence-electron chi connectivity index (χ3n) is 3.77. The third-order valence-corrected chi connectivity index (χ3v) is 5.28. The number of nitrogen functional groups attached to an aromatic ring is 1. The van der Waals surface area contributed by atoms with Crippen molar-refractivity contribution in [1.29, 1.82) is 0 Å². The van der Waals surface area contributed by atoms with Crippen LogP contribution in [0.3, 0.4) is 0 Å². The van der Waals surface area contributed by atoms with Gasteiger partial charge in [-0.25, -0.2) is 24.0 Å². The van der Waals surface area contributed by atoms with Gasteiger partial charge in [0.25, 0.3) is 10.0 Å². The van der Waals surface area contributed by atoms with E-state index in [1.54, 1.807) is 24.4 Å². The van der Waals surface area contributed by atoms with Gasteiger partial charge in [0.15, 0.2) is 10.8 Å². The van der Waals surface area contributed by atoms with E-state index in [0.29, 0.717) is 11.6 Å². The van der Waals surface area contributed by atoms with Crippen LogP contribution >= 0.6 is 0 Å². The summed E-state index contributed by atoms with van der Waals surface area (Å²) in [6, 6.07) is 5.31. The van der Waals surface area contributed by atoms with Gasteiger partial charge in [0, 0.05) is 12.2 Å². The number of hydrogen-bond acceptors (Lipinski definition) is 5. The summed E-state index contributed by atoms with van der Waals surface area (Å²) >= 11 is 0. The predicted molar refractivity (Wildman–Crippen MR) is 80.1 cm³/mol. The lowest BCUT2D eigenvalue weighted by molar-refractivity contribution is 0.568. The van der Waals surface area contributed by atoms with Crippen molar-refractivity contribution in [2.45, 2.75) is 37.3 Å². The van der Waals surface area contributed by atoms with Crippen LogP contribution < -0.4 is 16.0 Å². The molecule has 0 aliphatic heterocycles. The van der Waals surface area contributed by atoms with Gasteiger partial charge < -0.3 is 5.43 Å². The van der Waals surface area contributed by atoms with Gasteiger partial charge in [-0.1, -0.05) is 19.4 Å². The highest BCUT2D eigenvalue weighted by Crippen LogP contribution is 2.36. The van der Waals surface area contributed by atoms with Crippen LogP contribution in [0, 0.1) is 5.92 Å². The summed E-state index contributed by atoms with van der Waals surface area (Å²) in [4.78, 5) is 4.19. The lowest BCUT2D eigenvalue weighted by Crippen LogP contribution is -2.29. The molecule has 1 aliphatic carbocycles. The Morgan fingerprint density at radius 3 is 3.00 bits per heavy atom. The van der Waals surface area contributed by atoms with Crippen molar-refractivity contribution in [2.75, 3.05) is 5.43 Å². The lowest BCUT2D eigenvalue weighted by atomic mass is 10.2. The fourth-order valence-corrected chi connectivity index (χ4v) is 4.23. The first-order valence-electron chi connectivity index (χ1n) is 7.03. The second-order valence-electron chi connectivity index (χ2n) is 5.35. The van der Waals surface area contributed by atoms with Crippen LogP contribution in [0.15, 0.2) is 29.4 Å². The first-order chi connectivity index (χ1) is 10.1. The maximum Gasteiger partial charge on any atom is 0.260 e. The Hall–Kier alpha value is -1.64. The standard InChI is InChI=1S/C13H19N5O2S/c1-2-5-9-8-10(9)17-21(19,20)13-12(16-14)15-11-6-3-4-7-18(11)13/h3-4,6-7,9-10,16-17H,2,5,8,14H2,1H3. The molecule has 21 heavy (non-hydrogen) atoms. The minimum Gasteiger partial charge on any atom is -0.306 e. The number of aromatic nitrogens is 2. The zero-order valence-electron chi connectivity index (χ0n) is 11.8. The molecule has 4 N–H and O–H groups in total. The molecule has 0 bridgehead atoms. The van der Waals surface area contributed by atoms with E-state index in [1.807, 2.05) is 0 Å². The van der Waals surface area contributed by atoms with Gasteiger partial charge in [0.05, 0.1) is 0 Å². The third kappa shape index (κ3) is 2.61. The molecule has 0 spiro atoms. The molecule has 0 radical (unpaired) electrons. The maximum absolute atomic E-state index is 12.6. The number of imidazole rings is 1. The minimum absolute atomic E-state index is 0.0230. The predicted octanol–water partition coefficient (Wildman–Crippen LogP) is 1.09. The van der Waals surface area contributed by atoms with Crippen LogP contribution in [-0.4, -0.2) is 23.8 Å². The SMILES string of the molecule is CCCC1CC1NS(=O)(=O)c1c(NN)nc2ccccn12. The van der Waals surface area contributed by atoms with E-state index in [1.165, 1.54) is 4.40 Å². The molecule has 0 amide bonds. The number of nitrogens with zero attached hydrogens (tertiary/aromatic N) is 2. The van der Waals surface area contributed by atoms with Crippen LogP contribution in [0.25, 0.3) is 5.65 Å². The fraction of sp³-hybridized carbons (Fsp3) is 0.462. The number of fused-ring (bicyclic) bond motifs is 1. The number of anilines is 1. The number of sulfonamides is 1. The van der Waals surface area contributed by atoms with E-state index >= 15 is 0 Å². The number of hydrogen-bond donors (Lipinski definition) is 3. The number of nitrogens with one attached hydrogen (secondary N) is 2. The Labute approximate surface area is 123 Å². The van der Waals surface area contributed by atoms with Crippen LogP contribution in [-0.2, 0) is 10.0 Å². The summed E-state index contributed by atoms with van der Waals surface area (Å²) in [6.07, 6.45) is 4.67. The highest BCUT2D eigenvalue weighted by Gasteiger charge is 2.40. The van der Waals surface area contributed by atoms with Gasteiger partial charge in [0.2, 0.25) is 0 Å². The summed E-state index contributed by atoms with van der Waals surface area (Å²) in [7, 11) is -3.67. The van der Waals surface area contributed by atoms with E-state index in [-0.39, 0.29) is 16.9 Å². The fourth-order valence-electron chi connectivity index (χ4n) is 2.66. The van der Waals surface area contributed by atoms with Gasteiger partial charge in [-0.3, -0.25) is 4.40 Å². The van der Waals surface area contributed by atoms with Crippen molar-refractivity contribution in [3.05, 3.63) is 24.4 Å². The van der Waals surface area contributed by atoms with Crippen molar-refractivity contribution in [3.8, 4) is 0 Å². The molecule has 0 aromatic carbocycles. The van der Waals surface area contributed by atoms with Gasteiger partial charge in [-0.05, 0) is 30.9 Å². The van der Waals surface area contributed by atoms with Crippen molar-refractivity contribution in [2.24, 2.45) is 11.8 Å². The molecule has 114 valence electrons. The monoisotopic (exact) mass is 309 g/mol. The van der Waals surface area contributed by atoms with E-state index in [0.717, 1.165) is 19.3 Å². The summed E-state index contributed by atoms with van der Waals surface area (Å²) in [5.74, 6) is 6.01. The average Bonchev–Trinajstić information content (AvgIpc) is 3.04. The molecule has 3 rings (SSSR count). The van der Waals surface area contributed by atoms with Crippen molar-refractivity contribution in [1.82, 2.24) is 14.1 Å². The van der Waals surface area contributed by atoms with Gasteiger partial charge in [0.1, 0.15) is 5.65 Å². The van der Waals surface area contributed by atoms with E-state index in [9.17, 15) is 8.42 Å². The topological polar surface area (TPSA) is 102 Å². The molecule has 2 unspecified atom stereocenters. The maximum atomic E-state index is 12.6. The van der Waals surface area contributed by atoms with Crippen LogP contribution in [0.5, 0.6) is 0 Å². The number of pyridine rings is 1. The first-order valence-corrected chi connectivity index (χ1v) is 8.51. The number of rotatable bonds is 6. The molecule has 1 fully saturated rings. The van der Waals surface area contributed by atoms with Crippen LogP contribution in [0.1, 0.15) is 26.2 Å². The highest BCUT2D eigenvalue weighted by molar-refractivity contribution is 7.89. The first kappa shape index (κ1) is 14.3. The number of nitrogens with two attached hydrogens (primary N) is 1. The number of hydrazine groups is 1. The molecule has 1 saturated carbocycles. The molecule has 0 saturated heterocycles. The van der Waals surface area contributed by atoms with Gasteiger partial charge in [-0.2, -0.15) is 0 Å². The Kier molecular flexibility index (Phi) is 3.60. The molecule has 2 aromatic rings. The smallest absolute Gasteiger partial charge is 0.260 e. The Bertz CT molecular complexity index is 755. The van der Waals surface area contributed by atoms with Crippen molar-refractivity contribution < 1.29 is 8.42 Å². The molecule has 8 heteroatoms. The minimum atomic E-state index is -3.67. The van der Waals surface area contributed by atoms with E-state index < -0.39 is 10.0 Å². The average molecular weight is 309 g/mol. The largest absolute Gasteiger partial charge is 0.306 e. The summed E-state index contributed by atoms with van der Waals surface area (Å²) in [6.45, 7) is 2.10. The van der Waals surface area contributed by atoms with Crippen LogP contribution in [0.4, 0.5) is 5.82 Å². The van der Waals surface area contributed by atoms with Crippen LogP contribution in [0.2, 0.25) is 0 Å². The molecule has 2 heterocycles. The normalized spacial score (nSPS) is 21.6. The van der Waals surface area contributed by atoms with Crippen molar-refractivity contribution >= 4 is 21.5 Å². The molecular weight excluding hydrogens is 290 g/mol. The molecule has 1 aliphatic rings. The summed E-state index contributed by atoms with van der Waals surface area (Å²) < 4.78 is 29.5. The van der Waals surface area contributed by atoms with Gasteiger partial charge >= 0.3 is 0 Å². The Balaban J connectivity index is 1.95. The zero-order valence-corrected chi connectivity index (χ0v) is 12.6. The Morgan fingerprint density at radius 2 is 2.29 bits per heavy atom. The quantitative estimate of drug-likeness (QED) is 0.547. The van der Waals surface area contributed by atoms with E-state index in [4.69, 9.17) is 5.84 Å². The second-order valence-corrected chi connectivity index (χ2v) is 6.98. The zero-order chi connectivity index (χ0) is 15.0. The summed E-state index contributed by atoms with van der Waals surface area (Å²) in [5.41, 5.74) is 2.90. The molecule has 7 nitrogen and oxygen atoms in total. The van der Waals surface area contributed by atoms with Gasteiger partial charge in [-0.15, -0.1) is 0 Å². The highest BCUT2D eigenvalue weighted by atomic mass is 32.2. The lowest BCUT2D eigenvalue weighted by Gasteiger charge is -2.08. The Morgan fingerprint density at radius 1 is 1.48 bits per heavy atom. The second kappa shape index (κ2) is 5.28. The molecule has 2 atom stereocenters. The molecule has 2 aromatic heterocycles. The van der Waals surface area contributed by atoms with E-state index in [2.05, 4.69) is 22.1 Å². The summed E-state index contributed by atoms with van der Waals surface area (Å²) in [5, 5.41) is 0.0581. The van der Waals surface area contributed by atoms with Crippen molar-refractivity contribution in [3.63, 3.8) is 0 Å². The molecular formula is C13H19N5O2S.